The highest BCUT2D eigenvalue weighted by molar-refractivity contribution is 9.10. The van der Waals surface area contributed by atoms with E-state index in [1.807, 2.05) is 0 Å². The first-order chi connectivity index (χ1) is 12.8. The largest absolute Gasteiger partial charge is 0.325 e. The minimum atomic E-state index is -0.346. The molecule has 0 bridgehead atoms. The van der Waals surface area contributed by atoms with Crippen molar-refractivity contribution >= 4 is 50.0 Å². The van der Waals surface area contributed by atoms with Gasteiger partial charge < -0.3 is 10.2 Å². The van der Waals surface area contributed by atoms with Gasteiger partial charge in [-0.2, -0.15) is 0 Å². The molecule has 1 N–H and O–H groups in total. The Bertz CT molecular complexity index is 1080. The van der Waals surface area contributed by atoms with Crippen LogP contribution in [0.25, 0.3) is 10.9 Å². The van der Waals surface area contributed by atoms with Crippen molar-refractivity contribution in [1.82, 2.24) is 9.55 Å². The lowest BCUT2D eigenvalue weighted by atomic mass is 10.2. The Labute approximate surface area is 163 Å². The molecule has 138 valence electrons. The van der Waals surface area contributed by atoms with Gasteiger partial charge in [-0.15, -0.1) is 0 Å². The van der Waals surface area contributed by atoms with Gasteiger partial charge in [-0.3, -0.25) is 19.0 Å². The van der Waals surface area contributed by atoms with Crippen molar-refractivity contribution in [3.63, 3.8) is 0 Å². The van der Waals surface area contributed by atoms with Crippen LogP contribution in [0.5, 0.6) is 0 Å². The van der Waals surface area contributed by atoms with Crippen LogP contribution >= 0.6 is 15.9 Å². The van der Waals surface area contributed by atoms with E-state index in [2.05, 4.69) is 26.2 Å². The van der Waals surface area contributed by atoms with Gasteiger partial charge in [-0.05, 0) is 42.5 Å². The summed E-state index contributed by atoms with van der Waals surface area (Å²) in [4.78, 5) is 41.9. The predicted octanol–water partition coefficient (Wildman–Crippen LogP) is 2.78. The quantitative estimate of drug-likeness (QED) is 0.692. The Morgan fingerprint density at radius 3 is 2.56 bits per heavy atom. The van der Waals surface area contributed by atoms with Gasteiger partial charge >= 0.3 is 0 Å². The first-order valence-electron chi connectivity index (χ1n) is 8.14. The number of hydrogen-bond donors (Lipinski definition) is 1. The van der Waals surface area contributed by atoms with Crippen molar-refractivity contribution in [3.8, 4) is 0 Å². The second-order valence-electron chi connectivity index (χ2n) is 6.01. The van der Waals surface area contributed by atoms with E-state index in [1.54, 1.807) is 49.5 Å². The van der Waals surface area contributed by atoms with Crippen LogP contribution in [0, 0.1) is 0 Å². The molecule has 2 amide bonds. The number of halogens is 1. The number of carbonyl (C=O) groups is 2. The zero-order valence-corrected chi connectivity index (χ0v) is 16.4. The van der Waals surface area contributed by atoms with Crippen molar-refractivity contribution in [2.45, 2.75) is 13.5 Å². The molecule has 0 aliphatic heterocycles. The van der Waals surface area contributed by atoms with Crippen LogP contribution in [0.3, 0.4) is 0 Å². The third-order valence-electron chi connectivity index (χ3n) is 4.11. The first-order valence-corrected chi connectivity index (χ1v) is 8.93. The number of rotatable bonds is 4. The summed E-state index contributed by atoms with van der Waals surface area (Å²) in [5.74, 6) is -0.428. The van der Waals surface area contributed by atoms with E-state index in [9.17, 15) is 14.4 Å². The molecule has 3 aromatic rings. The van der Waals surface area contributed by atoms with E-state index in [1.165, 1.54) is 22.7 Å². The molecule has 7 nitrogen and oxygen atoms in total. The SMILES string of the molecule is CC(=O)N(C)c1ccc(NC(=O)Cn2cnc3ccc(Br)cc3c2=O)cc1. The van der Waals surface area contributed by atoms with Gasteiger partial charge in [0.2, 0.25) is 11.8 Å². The van der Waals surface area contributed by atoms with E-state index in [0.717, 1.165) is 10.2 Å². The smallest absolute Gasteiger partial charge is 0.261 e. The van der Waals surface area contributed by atoms with E-state index >= 15 is 0 Å². The average molecular weight is 429 g/mol. The summed E-state index contributed by atoms with van der Waals surface area (Å²) < 4.78 is 2.04. The van der Waals surface area contributed by atoms with Crippen molar-refractivity contribution in [2.24, 2.45) is 0 Å². The maximum Gasteiger partial charge on any atom is 0.261 e. The summed E-state index contributed by atoms with van der Waals surface area (Å²) in [6.07, 6.45) is 1.36. The molecule has 0 saturated carbocycles. The Hall–Kier alpha value is -3.00. The van der Waals surface area contributed by atoms with Crippen LogP contribution in [0.1, 0.15) is 6.92 Å². The van der Waals surface area contributed by atoms with Gasteiger partial charge in [0.25, 0.3) is 5.56 Å². The van der Waals surface area contributed by atoms with Gasteiger partial charge in [0.15, 0.2) is 0 Å². The maximum absolute atomic E-state index is 12.5. The molecule has 8 heteroatoms. The summed E-state index contributed by atoms with van der Waals surface area (Å²) in [6, 6.07) is 12.1. The van der Waals surface area contributed by atoms with Crippen molar-refractivity contribution in [1.29, 1.82) is 0 Å². The molecule has 0 aliphatic rings. The zero-order valence-electron chi connectivity index (χ0n) is 14.8. The lowest BCUT2D eigenvalue weighted by Crippen LogP contribution is -2.28. The minimum Gasteiger partial charge on any atom is -0.325 e. The second kappa shape index (κ2) is 7.71. The van der Waals surface area contributed by atoms with E-state index in [4.69, 9.17) is 0 Å². The molecule has 0 radical (unpaired) electrons. The lowest BCUT2D eigenvalue weighted by molar-refractivity contribution is -0.117. The van der Waals surface area contributed by atoms with E-state index in [-0.39, 0.29) is 23.9 Å². The highest BCUT2D eigenvalue weighted by Crippen LogP contribution is 2.17. The highest BCUT2D eigenvalue weighted by atomic mass is 79.9. The third kappa shape index (κ3) is 4.22. The fraction of sp³-hybridized carbons (Fsp3) is 0.158. The number of aromatic nitrogens is 2. The Morgan fingerprint density at radius 2 is 1.89 bits per heavy atom. The van der Waals surface area contributed by atoms with Crippen LogP contribution in [0.4, 0.5) is 11.4 Å². The predicted molar refractivity (Wildman–Crippen MR) is 108 cm³/mol. The van der Waals surface area contributed by atoms with Crippen LogP contribution in [-0.4, -0.2) is 28.4 Å². The first kappa shape index (κ1) is 18.8. The zero-order chi connectivity index (χ0) is 19.6. The van der Waals surface area contributed by atoms with Crippen LogP contribution < -0.4 is 15.8 Å². The number of hydrogen-bond acceptors (Lipinski definition) is 4. The summed E-state index contributed by atoms with van der Waals surface area (Å²) in [5, 5.41) is 3.17. The fourth-order valence-electron chi connectivity index (χ4n) is 2.55. The fourth-order valence-corrected chi connectivity index (χ4v) is 2.91. The lowest BCUT2D eigenvalue weighted by Gasteiger charge is -2.15. The molecule has 0 aliphatic carbocycles. The molecule has 0 fully saturated rings. The Balaban J connectivity index is 1.74. The highest BCUT2D eigenvalue weighted by Gasteiger charge is 2.10. The molecule has 0 unspecified atom stereocenters. The van der Waals surface area contributed by atoms with Crippen molar-refractivity contribution in [2.75, 3.05) is 17.3 Å². The van der Waals surface area contributed by atoms with Gasteiger partial charge in [-0.1, -0.05) is 15.9 Å². The van der Waals surface area contributed by atoms with Crippen molar-refractivity contribution < 1.29 is 9.59 Å². The van der Waals surface area contributed by atoms with Gasteiger partial charge in [0.05, 0.1) is 17.2 Å². The molecule has 1 aromatic heterocycles. The average Bonchev–Trinajstić information content (AvgIpc) is 2.64. The van der Waals surface area contributed by atoms with Crippen LogP contribution in [0.2, 0.25) is 0 Å². The van der Waals surface area contributed by atoms with Crippen LogP contribution in [-0.2, 0) is 16.1 Å². The monoisotopic (exact) mass is 428 g/mol. The van der Waals surface area contributed by atoms with E-state index < -0.39 is 0 Å². The number of amides is 2. The number of anilines is 2. The molecule has 0 saturated heterocycles. The van der Waals surface area contributed by atoms with Crippen molar-refractivity contribution in [3.05, 3.63) is 63.6 Å². The van der Waals surface area contributed by atoms with Gasteiger partial charge in [-0.25, -0.2) is 4.98 Å². The minimum absolute atomic E-state index is 0.0819. The number of carbonyl (C=O) groups excluding carboxylic acids is 2. The summed E-state index contributed by atoms with van der Waals surface area (Å²) in [5.41, 5.74) is 1.59. The number of nitrogens with zero attached hydrogens (tertiary/aromatic N) is 3. The third-order valence-corrected chi connectivity index (χ3v) is 4.60. The summed E-state index contributed by atoms with van der Waals surface area (Å²) in [6.45, 7) is 1.33. The van der Waals surface area contributed by atoms with Crippen LogP contribution in [0.15, 0.2) is 58.1 Å². The molecule has 3 rings (SSSR count). The molecule has 27 heavy (non-hydrogen) atoms. The molecule has 0 spiro atoms. The molecule has 1 heterocycles. The van der Waals surface area contributed by atoms with E-state index in [0.29, 0.717) is 16.6 Å². The van der Waals surface area contributed by atoms with Gasteiger partial charge in [0.1, 0.15) is 6.54 Å². The number of nitrogens with one attached hydrogen (secondary N) is 1. The Kier molecular flexibility index (Phi) is 5.36. The molecule has 2 aromatic carbocycles. The number of benzene rings is 2. The summed E-state index contributed by atoms with van der Waals surface area (Å²) >= 11 is 3.33. The standard InChI is InChI=1S/C19H17BrN4O3/c1-12(25)23(2)15-6-4-14(5-7-15)22-18(26)10-24-11-21-17-8-3-13(20)9-16(17)19(24)27/h3-9,11H,10H2,1-2H3,(H,22,26). The normalized spacial score (nSPS) is 10.6. The molecular weight excluding hydrogens is 412 g/mol. The number of fused-ring (bicyclic) bond motifs is 1. The van der Waals surface area contributed by atoms with Gasteiger partial charge in [0, 0.05) is 29.8 Å². The Morgan fingerprint density at radius 1 is 1.19 bits per heavy atom. The topological polar surface area (TPSA) is 84.3 Å². The molecular formula is C19H17BrN4O3. The summed E-state index contributed by atoms with van der Waals surface area (Å²) in [7, 11) is 1.67. The second-order valence-corrected chi connectivity index (χ2v) is 6.93. The maximum atomic E-state index is 12.5. The molecule has 0 atom stereocenters.